The highest BCUT2D eigenvalue weighted by Gasteiger charge is 2.19. The molecule has 0 radical (unpaired) electrons. The zero-order valence-corrected chi connectivity index (χ0v) is 17.5. The average molecular weight is 391 g/mol. The van der Waals surface area contributed by atoms with Crippen LogP contribution >= 0.6 is 22.7 Å². The number of nitrogens with zero attached hydrogens (tertiary/aromatic N) is 2. The molecule has 1 aliphatic heterocycles. The van der Waals surface area contributed by atoms with Crippen LogP contribution in [0.1, 0.15) is 34.4 Å². The number of thiophene rings is 2. The van der Waals surface area contributed by atoms with Crippen LogP contribution in [0.2, 0.25) is 0 Å². The molecule has 1 aliphatic rings. The molecule has 142 valence electrons. The summed E-state index contributed by atoms with van der Waals surface area (Å²) in [6.45, 7) is 10.5. The summed E-state index contributed by atoms with van der Waals surface area (Å²) in [5.74, 6) is 1.68. The summed E-state index contributed by atoms with van der Waals surface area (Å²) in [5, 5.41) is 9.10. The lowest BCUT2D eigenvalue weighted by Crippen LogP contribution is -2.42. The van der Waals surface area contributed by atoms with E-state index in [1.807, 2.05) is 22.7 Å². The van der Waals surface area contributed by atoms with Gasteiger partial charge in [0.25, 0.3) is 0 Å². The summed E-state index contributed by atoms with van der Waals surface area (Å²) in [4.78, 5) is 11.5. The lowest BCUT2D eigenvalue weighted by molar-refractivity contribution is 0.179. The van der Waals surface area contributed by atoms with Crippen molar-refractivity contribution in [3.8, 4) is 0 Å². The number of piperidine rings is 1. The van der Waals surface area contributed by atoms with Gasteiger partial charge in [-0.2, -0.15) is 0 Å². The van der Waals surface area contributed by atoms with Gasteiger partial charge in [0.05, 0.1) is 6.54 Å². The van der Waals surface area contributed by atoms with Gasteiger partial charge in [0.15, 0.2) is 5.96 Å². The number of likely N-dealkylation sites (tertiary alicyclic amines) is 1. The molecule has 0 unspecified atom stereocenters. The van der Waals surface area contributed by atoms with Crippen molar-refractivity contribution in [2.24, 2.45) is 10.9 Å². The molecule has 6 heteroatoms. The van der Waals surface area contributed by atoms with E-state index in [0.717, 1.165) is 38.1 Å². The number of aryl methyl sites for hydroxylation is 1. The molecule has 26 heavy (non-hydrogen) atoms. The predicted molar refractivity (Wildman–Crippen MR) is 114 cm³/mol. The van der Waals surface area contributed by atoms with Gasteiger partial charge in [-0.25, -0.2) is 4.99 Å². The standard InChI is InChI=1S/C20H30N4S2/c1-3-21-20(23-14-18-7-6-16(2)26-18)22-13-17-8-10-24(11-9-17)15-19-5-4-12-25-19/h4-7,12,17H,3,8-11,13-15H2,1-2H3,(H2,21,22,23). The van der Waals surface area contributed by atoms with Crippen molar-refractivity contribution in [1.82, 2.24) is 15.5 Å². The van der Waals surface area contributed by atoms with Crippen molar-refractivity contribution in [2.75, 3.05) is 26.2 Å². The fourth-order valence-electron chi connectivity index (χ4n) is 3.28. The van der Waals surface area contributed by atoms with E-state index in [4.69, 9.17) is 4.99 Å². The molecular weight excluding hydrogens is 360 g/mol. The molecule has 0 aliphatic carbocycles. The molecule has 1 saturated heterocycles. The van der Waals surface area contributed by atoms with E-state index in [0.29, 0.717) is 0 Å². The van der Waals surface area contributed by atoms with Gasteiger partial charge < -0.3 is 10.6 Å². The van der Waals surface area contributed by atoms with Crippen LogP contribution < -0.4 is 10.6 Å². The smallest absolute Gasteiger partial charge is 0.191 e. The number of nitrogens with one attached hydrogen (secondary N) is 2. The first-order valence-electron chi connectivity index (χ1n) is 9.55. The maximum Gasteiger partial charge on any atom is 0.191 e. The molecule has 0 atom stereocenters. The molecule has 4 nitrogen and oxygen atoms in total. The van der Waals surface area contributed by atoms with Crippen molar-refractivity contribution >= 4 is 28.6 Å². The second-order valence-electron chi connectivity index (χ2n) is 6.89. The number of guanidine groups is 1. The minimum Gasteiger partial charge on any atom is -0.357 e. The average Bonchev–Trinajstić information content (AvgIpc) is 3.30. The van der Waals surface area contributed by atoms with Crippen LogP contribution in [0.5, 0.6) is 0 Å². The molecular formula is C20H30N4S2. The number of hydrogen-bond acceptors (Lipinski definition) is 4. The Bertz CT molecular complexity index is 670. The van der Waals surface area contributed by atoms with Crippen LogP contribution in [-0.2, 0) is 13.1 Å². The van der Waals surface area contributed by atoms with Gasteiger partial charge >= 0.3 is 0 Å². The molecule has 2 aromatic heterocycles. The highest BCUT2D eigenvalue weighted by Crippen LogP contribution is 2.20. The van der Waals surface area contributed by atoms with Gasteiger partial charge in [0.2, 0.25) is 0 Å². The van der Waals surface area contributed by atoms with Crippen molar-refractivity contribution in [3.63, 3.8) is 0 Å². The quantitative estimate of drug-likeness (QED) is 0.553. The fourth-order valence-corrected chi connectivity index (χ4v) is 4.84. The highest BCUT2D eigenvalue weighted by atomic mass is 32.1. The summed E-state index contributed by atoms with van der Waals surface area (Å²) in [6.07, 6.45) is 2.53. The number of hydrogen-bond donors (Lipinski definition) is 2. The first-order valence-corrected chi connectivity index (χ1v) is 11.2. The van der Waals surface area contributed by atoms with Crippen LogP contribution in [0.3, 0.4) is 0 Å². The van der Waals surface area contributed by atoms with Crippen LogP contribution in [0.25, 0.3) is 0 Å². The van der Waals surface area contributed by atoms with Crippen LogP contribution in [0.15, 0.2) is 34.6 Å². The fraction of sp³-hybridized carbons (Fsp3) is 0.550. The minimum atomic E-state index is 0.738. The third-order valence-corrected chi connectivity index (χ3v) is 6.60. The van der Waals surface area contributed by atoms with Crippen molar-refractivity contribution in [2.45, 2.75) is 39.8 Å². The third kappa shape index (κ3) is 6.11. The van der Waals surface area contributed by atoms with Crippen LogP contribution in [0.4, 0.5) is 0 Å². The van der Waals surface area contributed by atoms with Gasteiger partial charge in [-0.1, -0.05) is 6.07 Å². The summed E-state index contributed by atoms with van der Waals surface area (Å²) >= 11 is 3.69. The Labute approximate surface area is 165 Å². The lowest BCUT2D eigenvalue weighted by atomic mass is 9.97. The first-order chi connectivity index (χ1) is 12.7. The van der Waals surface area contributed by atoms with Gasteiger partial charge in [-0.3, -0.25) is 4.90 Å². The molecule has 0 amide bonds. The summed E-state index contributed by atoms with van der Waals surface area (Å²) in [5.41, 5.74) is 0. The van der Waals surface area contributed by atoms with E-state index >= 15 is 0 Å². The summed E-state index contributed by atoms with van der Waals surface area (Å²) in [6, 6.07) is 8.73. The lowest BCUT2D eigenvalue weighted by Gasteiger charge is -2.32. The molecule has 1 fully saturated rings. The maximum absolute atomic E-state index is 4.74. The zero-order valence-electron chi connectivity index (χ0n) is 15.8. The van der Waals surface area contributed by atoms with Crippen LogP contribution in [-0.4, -0.2) is 37.0 Å². The monoisotopic (exact) mass is 390 g/mol. The molecule has 0 bridgehead atoms. The van der Waals surface area contributed by atoms with Gasteiger partial charge in [0.1, 0.15) is 0 Å². The molecule has 2 aromatic rings. The van der Waals surface area contributed by atoms with E-state index in [1.54, 1.807) is 0 Å². The Balaban J connectivity index is 1.41. The van der Waals surface area contributed by atoms with E-state index < -0.39 is 0 Å². The second kappa shape index (κ2) is 10.1. The van der Waals surface area contributed by atoms with Gasteiger partial charge in [-0.05, 0) is 69.3 Å². The van der Waals surface area contributed by atoms with Crippen molar-refractivity contribution in [3.05, 3.63) is 44.3 Å². The molecule has 3 heterocycles. The Kier molecular flexibility index (Phi) is 7.53. The zero-order chi connectivity index (χ0) is 18.2. The SMILES string of the molecule is CCNC(=NCc1ccc(C)s1)NCC1CCN(Cc2cccs2)CC1. The van der Waals surface area contributed by atoms with Crippen molar-refractivity contribution in [1.29, 1.82) is 0 Å². The molecule has 3 rings (SSSR count). The van der Waals surface area contributed by atoms with E-state index in [2.05, 4.69) is 59.0 Å². The van der Waals surface area contributed by atoms with Crippen molar-refractivity contribution < 1.29 is 0 Å². The maximum atomic E-state index is 4.74. The van der Waals surface area contributed by atoms with E-state index in [1.165, 1.54) is 40.6 Å². The van der Waals surface area contributed by atoms with Crippen LogP contribution in [0, 0.1) is 12.8 Å². The molecule has 0 aromatic carbocycles. The molecule has 0 spiro atoms. The molecule has 2 N–H and O–H groups in total. The Morgan fingerprint density at radius 3 is 2.69 bits per heavy atom. The third-order valence-electron chi connectivity index (χ3n) is 4.76. The predicted octanol–water partition coefficient (Wildman–Crippen LogP) is 4.09. The summed E-state index contributed by atoms with van der Waals surface area (Å²) < 4.78 is 0. The highest BCUT2D eigenvalue weighted by molar-refractivity contribution is 7.11. The summed E-state index contributed by atoms with van der Waals surface area (Å²) in [7, 11) is 0. The Morgan fingerprint density at radius 2 is 2.04 bits per heavy atom. The number of aliphatic imine (C=N–C) groups is 1. The molecule has 0 saturated carbocycles. The largest absolute Gasteiger partial charge is 0.357 e. The minimum absolute atomic E-state index is 0.738. The Morgan fingerprint density at radius 1 is 1.19 bits per heavy atom. The normalized spacial score (nSPS) is 16.8. The topological polar surface area (TPSA) is 39.7 Å². The Hall–Kier alpha value is -1.37. The van der Waals surface area contributed by atoms with E-state index in [9.17, 15) is 0 Å². The number of rotatable bonds is 7. The first kappa shape index (κ1) is 19.4. The van der Waals surface area contributed by atoms with Gasteiger partial charge in [0, 0.05) is 34.3 Å². The van der Waals surface area contributed by atoms with E-state index in [-0.39, 0.29) is 0 Å². The second-order valence-corrected chi connectivity index (χ2v) is 9.29. The van der Waals surface area contributed by atoms with Gasteiger partial charge in [-0.15, -0.1) is 22.7 Å².